The molecule has 0 unspecified atom stereocenters. The van der Waals surface area contributed by atoms with E-state index in [2.05, 4.69) is 4.98 Å². The summed E-state index contributed by atoms with van der Waals surface area (Å²) in [5.41, 5.74) is 0.751. The number of nitrogens with zero attached hydrogens (tertiary/aromatic N) is 1. The lowest BCUT2D eigenvalue weighted by Gasteiger charge is -2.11. The summed E-state index contributed by atoms with van der Waals surface area (Å²) in [6, 6.07) is 9.79. The molecule has 106 valence electrons. The summed E-state index contributed by atoms with van der Waals surface area (Å²) in [4.78, 5) is 3.72. The molecule has 0 atom stereocenters. The number of sulfonamides is 1. The summed E-state index contributed by atoms with van der Waals surface area (Å²) in [5.74, 6) is 0.352. The van der Waals surface area contributed by atoms with Crippen LogP contribution in [0.1, 0.15) is 5.56 Å². The summed E-state index contributed by atoms with van der Waals surface area (Å²) in [6.45, 7) is -0.0371. The number of rotatable bonds is 5. The van der Waals surface area contributed by atoms with Gasteiger partial charge in [0.15, 0.2) is 0 Å². The fourth-order valence-electron chi connectivity index (χ4n) is 1.70. The summed E-state index contributed by atoms with van der Waals surface area (Å²) in [6.07, 6.45) is 1.81. The number of benzene rings is 1. The maximum Gasteiger partial charge on any atom is 0.243 e. The van der Waals surface area contributed by atoms with Crippen LogP contribution < -0.4 is 9.88 Å². The van der Waals surface area contributed by atoms with E-state index >= 15 is 0 Å². The zero-order chi connectivity index (χ0) is 14.6. The number of para-hydroxylation sites is 1. The van der Waals surface area contributed by atoms with E-state index < -0.39 is 10.0 Å². The van der Waals surface area contributed by atoms with Gasteiger partial charge in [-0.3, -0.25) is 0 Å². The first-order valence-corrected chi connectivity index (χ1v) is 7.41. The maximum absolute atomic E-state index is 11.5. The molecular weight excluding hydrogens is 280 g/mol. The van der Waals surface area contributed by atoms with Crippen molar-refractivity contribution in [1.29, 1.82) is 0 Å². The van der Waals surface area contributed by atoms with Gasteiger partial charge in [-0.05, 0) is 30.2 Å². The summed E-state index contributed by atoms with van der Waals surface area (Å²) in [5, 5.41) is 14.1. The van der Waals surface area contributed by atoms with Crippen molar-refractivity contribution in [2.45, 2.75) is 11.3 Å². The lowest BCUT2D eigenvalue weighted by atomic mass is 10.1. The Kier molecular flexibility index (Phi) is 4.33. The fourth-order valence-corrected chi connectivity index (χ4v) is 2.31. The van der Waals surface area contributed by atoms with Crippen LogP contribution in [0.5, 0.6) is 11.6 Å². The third kappa shape index (κ3) is 3.32. The standard InChI is InChI=1S/C13H14N2O4S/c14-20(17,18)12-6-3-8-15-13(12)19-11-5-2-1-4-10(11)7-9-16/h1-6,8,16H,7,9H2,(H2,14,17,18). The van der Waals surface area contributed by atoms with Crippen molar-refractivity contribution in [3.05, 3.63) is 48.2 Å². The number of ether oxygens (including phenoxy) is 1. The van der Waals surface area contributed by atoms with Crippen molar-refractivity contribution in [2.75, 3.05) is 6.61 Å². The molecule has 6 nitrogen and oxygen atoms in total. The van der Waals surface area contributed by atoms with Gasteiger partial charge >= 0.3 is 0 Å². The Morgan fingerprint density at radius 3 is 2.65 bits per heavy atom. The number of hydrogen-bond donors (Lipinski definition) is 2. The topological polar surface area (TPSA) is 103 Å². The van der Waals surface area contributed by atoms with Gasteiger partial charge in [0.25, 0.3) is 0 Å². The van der Waals surface area contributed by atoms with E-state index in [1.54, 1.807) is 24.3 Å². The quantitative estimate of drug-likeness (QED) is 0.858. The van der Waals surface area contributed by atoms with Crippen molar-refractivity contribution < 1.29 is 18.3 Å². The maximum atomic E-state index is 11.5. The second-order valence-electron chi connectivity index (χ2n) is 4.04. The van der Waals surface area contributed by atoms with Gasteiger partial charge in [-0.2, -0.15) is 0 Å². The number of hydrogen-bond acceptors (Lipinski definition) is 5. The largest absolute Gasteiger partial charge is 0.437 e. The minimum absolute atomic E-state index is 0.0371. The van der Waals surface area contributed by atoms with Crippen LogP contribution >= 0.6 is 0 Å². The molecule has 2 rings (SSSR count). The molecule has 1 aromatic heterocycles. The van der Waals surface area contributed by atoms with Crippen molar-refractivity contribution in [1.82, 2.24) is 4.98 Å². The Labute approximate surface area is 116 Å². The zero-order valence-electron chi connectivity index (χ0n) is 10.6. The Morgan fingerprint density at radius 2 is 1.95 bits per heavy atom. The highest BCUT2D eigenvalue weighted by Gasteiger charge is 2.17. The summed E-state index contributed by atoms with van der Waals surface area (Å²) in [7, 11) is -3.92. The van der Waals surface area contributed by atoms with E-state index in [1.807, 2.05) is 0 Å². The molecule has 0 aliphatic heterocycles. The normalized spacial score (nSPS) is 11.3. The molecule has 7 heteroatoms. The average Bonchev–Trinajstić information content (AvgIpc) is 2.41. The van der Waals surface area contributed by atoms with Crippen LogP contribution in [0.2, 0.25) is 0 Å². The molecule has 0 radical (unpaired) electrons. The van der Waals surface area contributed by atoms with Gasteiger partial charge in [0.05, 0.1) is 0 Å². The molecule has 0 saturated heterocycles. The van der Waals surface area contributed by atoms with E-state index in [9.17, 15) is 8.42 Å². The Hall–Kier alpha value is -1.96. The highest BCUT2D eigenvalue weighted by Crippen LogP contribution is 2.28. The molecule has 3 N–H and O–H groups in total. The third-order valence-corrected chi connectivity index (χ3v) is 3.53. The summed E-state index contributed by atoms with van der Waals surface area (Å²) < 4.78 is 28.5. The van der Waals surface area contributed by atoms with Gasteiger partial charge in [-0.25, -0.2) is 18.5 Å². The van der Waals surface area contributed by atoms with Gasteiger partial charge in [0.1, 0.15) is 10.6 Å². The van der Waals surface area contributed by atoms with Crippen molar-refractivity contribution in [3.63, 3.8) is 0 Å². The van der Waals surface area contributed by atoms with Crippen molar-refractivity contribution in [3.8, 4) is 11.6 Å². The molecule has 20 heavy (non-hydrogen) atoms. The molecule has 0 aliphatic carbocycles. The molecule has 1 heterocycles. The van der Waals surface area contributed by atoms with Crippen molar-refractivity contribution >= 4 is 10.0 Å². The third-order valence-electron chi connectivity index (χ3n) is 2.60. The monoisotopic (exact) mass is 294 g/mol. The molecule has 0 amide bonds. The Bertz CT molecular complexity index is 701. The molecule has 2 aromatic rings. The number of primary sulfonamides is 1. The van der Waals surface area contributed by atoms with E-state index in [-0.39, 0.29) is 17.4 Å². The zero-order valence-corrected chi connectivity index (χ0v) is 11.4. The number of nitrogens with two attached hydrogens (primary N) is 1. The van der Waals surface area contributed by atoms with Gasteiger partial charge in [0, 0.05) is 12.8 Å². The first-order valence-electron chi connectivity index (χ1n) is 5.87. The molecule has 0 bridgehead atoms. The SMILES string of the molecule is NS(=O)(=O)c1cccnc1Oc1ccccc1CCO. The highest BCUT2D eigenvalue weighted by molar-refractivity contribution is 7.89. The van der Waals surface area contributed by atoms with E-state index in [0.717, 1.165) is 5.56 Å². The fraction of sp³-hybridized carbons (Fsp3) is 0.154. The highest BCUT2D eigenvalue weighted by atomic mass is 32.2. The number of aliphatic hydroxyl groups excluding tert-OH is 1. The predicted octanol–water partition coefficient (Wildman–Crippen LogP) is 1.06. The van der Waals surface area contributed by atoms with Crippen LogP contribution in [0.3, 0.4) is 0 Å². The first-order chi connectivity index (χ1) is 9.52. The molecular formula is C13H14N2O4S. The van der Waals surface area contributed by atoms with E-state index in [1.165, 1.54) is 18.3 Å². The van der Waals surface area contributed by atoms with Crippen LogP contribution in [-0.2, 0) is 16.4 Å². The first kappa shape index (κ1) is 14.4. The minimum atomic E-state index is -3.92. The average molecular weight is 294 g/mol. The second-order valence-corrected chi connectivity index (χ2v) is 5.56. The van der Waals surface area contributed by atoms with Gasteiger partial charge in [-0.15, -0.1) is 0 Å². The lowest BCUT2D eigenvalue weighted by molar-refractivity contribution is 0.297. The van der Waals surface area contributed by atoms with E-state index in [4.69, 9.17) is 15.0 Å². The molecule has 1 aromatic carbocycles. The molecule has 0 aliphatic rings. The predicted molar refractivity (Wildman–Crippen MR) is 72.9 cm³/mol. The van der Waals surface area contributed by atoms with Gasteiger partial charge < -0.3 is 9.84 Å². The number of aromatic nitrogens is 1. The van der Waals surface area contributed by atoms with E-state index in [0.29, 0.717) is 12.2 Å². The number of pyridine rings is 1. The lowest BCUT2D eigenvalue weighted by Crippen LogP contribution is -2.14. The molecule has 0 fully saturated rings. The van der Waals surface area contributed by atoms with Crippen LogP contribution in [0.15, 0.2) is 47.5 Å². The van der Waals surface area contributed by atoms with Gasteiger partial charge in [-0.1, -0.05) is 18.2 Å². The summed E-state index contributed by atoms with van der Waals surface area (Å²) >= 11 is 0. The van der Waals surface area contributed by atoms with Crippen LogP contribution in [0, 0.1) is 0 Å². The van der Waals surface area contributed by atoms with Crippen LogP contribution in [0.25, 0.3) is 0 Å². The van der Waals surface area contributed by atoms with Crippen LogP contribution in [0.4, 0.5) is 0 Å². The van der Waals surface area contributed by atoms with Crippen molar-refractivity contribution in [2.24, 2.45) is 5.14 Å². The molecule has 0 spiro atoms. The van der Waals surface area contributed by atoms with Gasteiger partial charge in [0.2, 0.25) is 15.9 Å². The smallest absolute Gasteiger partial charge is 0.243 e. The second kappa shape index (κ2) is 6.00. The minimum Gasteiger partial charge on any atom is -0.437 e. The Morgan fingerprint density at radius 1 is 1.20 bits per heavy atom. The molecule has 0 saturated carbocycles. The Balaban J connectivity index is 2.41. The van der Waals surface area contributed by atoms with Crippen LogP contribution in [-0.4, -0.2) is 25.1 Å². The number of aliphatic hydroxyl groups is 1.